The second-order valence-corrected chi connectivity index (χ2v) is 7.57. The van der Waals surface area contributed by atoms with Crippen molar-refractivity contribution < 1.29 is 18.9 Å². The normalized spacial score (nSPS) is 10.5. The van der Waals surface area contributed by atoms with Crippen molar-refractivity contribution in [2.24, 2.45) is 0 Å². The van der Waals surface area contributed by atoms with Crippen LogP contribution in [0, 0.1) is 13.8 Å². The van der Waals surface area contributed by atoms with Gasteiger partial charge in [-0.1, -0.05) is 36.4 Å². The van der Waals surface area contributed by atoms with E-state index in [0.29, 0.717) is 10.6 Å². The number of aryl methyl sites for hydroxylation is 2. The second kappa shape index (κ2) is 8.80. The van der Waals surface area contributed by atoms with Crippen LogP contribution < -0.4 is 9.88 Å². The van der Waals surface area contributed by atoms with Gasteiger partial charge >= 0.3 is 5.97 Å². The molecule has 1 N–H and O–H groups in total. The third-order valence-electron chi connectivity index (χ3n) is 4.36. The summed E-state index contributed by atoms with van der Waals surface area (Å²) in [6.45, 7) is 6.11. The summed E-state index contributed by atoms with van der Waals surface area (Å²) in [4.78, 5) is 26.3. The van der Waals surface area contributed by atoms with Crippen LogP contribution in [0.3, 0.4) is 0 Å². The Morgan fingerprint density at radius 3 is 2.46 bits per heavy atom. The molecule has 144 valence electrons. The van der Waals surface area contributed by atoms with Crippen molar-refractivity contribution in [2.75, 3.05) is 11.9 Å². The van der Waals surface area contributed by atoms with E-state index in [1.807, 2.05) is 73.1 Å². The van der Waals surface area contributed by atoms with Crippen molar-refractivity contribution in [1.82, 2.24) is 0 Å². The Kier molecular flexibility index (Phi) is 6.21. The highest BCUT2D eigenvalue weighted by Crippen LogP contribution is 2.40. The molecule has 0 aliphatic heterocycles. The molecule has 0 bridgehead atoms. The Hall–Kier alpha value is -2.99. The Bertz CT molecular complexity index is 996. The Balaban J connectivity index is 1.95. The fraction of sp³-hybridized carbons (Fsp3) is 0.227. The molecular formula is C22H23N2O3S+. The number of rotatable bonds is 6. The van der Waals surface area contributed by atoms with Crippen molar-refractivity contribution >= 4 is 28.2 Å². The van der Waals surface area contributed by atoms with Gasteiger partial charge in [0.05, 0.1) is 6.61 Å². The molecule has 6 heteroatoms. The minimum absolute atomic E-state index is 0.173. The average molecular weight is 396 g/mol. The molecule has 0 spiro atoms. The van der Waals surface area contributed by atoms with Crippen LogP contribution in [0.1, 0.15) is 27.9 Å². The van der Waals surface area contributed by atoms with Crippen molar-refractivity contribution in [3.05, 3.63) is 70.9 Å². The number of ether oxygens (including phenoxy) is 1. The minimum atomic E-state index is -0.426. The first-order valence-electron chi connectivity index (χ1n) is 9.12. The first-order valence-corrected chi connectivity index (χ1v) is 9.93. The third kappa shape index (κ3) is 4.28. The van der Waals surface area contributed by atoms with Gasteiger partial charge < -0.3 is 10.1 Å². The Labute approximate surface area is 168 Å². The zero-order valence-corrected chi connectivity index (χ0v) is 17.0. The van der Waals surface area contributed by atoms with Gasteiger partial charge in [-0.05, 0) is 19.4 Å². The molecule has 2 aromatic heterocycles. The number of hydrogen-bond donors (Lipinski definition) is 1. The number of aromatic nitrogens is 1. The monoisotopic (exact) mass is 395 g/mol. The van der Waals surface area contributed by atoms with E-state index in [1.54, 1.807) is 6.92 Å². The first-order chi connectivity index (χ1) is 13.5. The van der Waals surface area contributed by atoms with Crippen molar-refractivity contribution in [3.8, 4) is 11.1 Å². The number of esters is 1. The van der Waals surface area contributed by atoms with Crippen LogP contribution in [0.25, 0.3) is 11.1 Å². The van der Waals surface area contributed by atoms with Gasteiger partial charge in [0, 0.05) is 29.5 Å². The summed E-state index contributed by atoms with van der Waals surface area (Å²) in [7, 11) is 0. The van der Waals surface area contributed by atoms with Crippen molar-refractivity contribution in [2.45, 2.75) is 27.3 Å². The fourth-order valence-electron chi connectivity index (χ4n) is 3.04. The summed E-state index contributed by atoms with van der Waals surface area (Å²) in [6, 6.07) is 15.4. The highest BCUT2D eigenvalue weighted by Gasteiger charge is 2.26. The summed E-state index contributed by atoms with van der Waals surface area (Å²) < 4.78 is 7.13. The van der Waals surface area contributed by atoms with E-state index in [1.165, 1.54) is 11.3 Å². The van der Waals surface area contributed by atoms with E-state index in [4.69, 9.17) is 4.74 Å². The number of pyridine rings is 1. The third-order valence-corrected chi connectivity index (χ3v) is 5.38. The van der Waals surface area contributed by atoms with Gasteiger partial charge in [-0.2, -0.15) is 4.57 Å². The predicted octanol–water partition coefficient (Wildman–Crippen LogP) is 4.13. The largest absolute Gasteiger partial charge is 0.462 e. The van der Waals surface area contributed by atoms with Crippen LogP contribution in [0.2, 0.25) is 0 Å². The highest BCUT2D eigenvalue weighted by atomic mass is 32.1. The SMILES string of the molecule is CCOC(=O)c1c(NC(=O)C[n+]2ccccc2C)sc(C)c1-c1ccccc1. The molecule has 3 rings (SSSR count). The Morgan fingerprint density at radius 2 is 1.79 bits per heavy atom. The summed E-state index contributed by atoms with van der Waals surface area (Å²) in [5, 5.41) is 3.44. The zero-order valence-electron chi connectivity index (χ0n) is 16.2. The molecule has 28 heavy (non-hydrogen) atoms. The van der Waals surface area contributed by atoms with Gasteiger partial charge in [0.15, 0.2) is 11.9 Å². The molecule has 3 aromatic rings. The number of nitrogens with one attached hydrogen (secondary N) is 1. The van der Waals surface area contributed by atoms with E-state index >= 15 is 0 Å². The summed E-state index contributed by atoms with van der Waals surface area (Å²) >= 11 is 1.39. The maximum atomic E-state index is 12.7. The molecule has 0 unspecified atom stereocenters. The van der Waals surface area contributed by atoms with Gasteiger partial charge in [-0.25, -0.2) is 4.79 Å². The lowest BCUT2D eigenvalue weighted by Gasteiger charge is -2.09. The number of hydrogen-bond acceptors (Lipinski definition) is 4. The van der Waals surface area contributed by atoms with Gasteiger partial charge in [0.25, 0.3) is 5.91 Å². The van der Waals surface area contributed by atoms with Gasteiger partial charge in [-0.3, -0.25) is 4.79 Å². The average Bonchev–Trinajstić information content (AvgIpc) is 3.00. The van der Waals surface area contributed by atoms with Crippen LogP contribution >= 0.6 is 11.3 Å². The number of thiophene rings is 1. The van der Waals surface area contributed by atoms with Gasteiger partial charge in [-0.15, -0.1) is 11.3 Å². The molecule has 5 nitrogen and oxygen atoms in total. The van der Waals surface area contributed by atoms with Crippen LogP contribution in [-0.4, -0.2) is 18.5 Å². The summed E-state index contributed by atoms with van der Waals surface area (Å²) in [5.41, 5.74) is 3.13. The van der Waals surface area contributed by atoms with Gasteiger partial charge in [0.1, 0.15) is 10.6 Å². The van der Waals surface area contributed by atoms with Crippen LogP contribution in [-0.2, 0) is 16.1 Å². The number of benzene rings is 1. The molecule has 0 aliphatic carbocycles. The topological polar surface area (TPSA) is 59.3 Å². The Morgan fingerprint density at radius 1 is 1.07 bits per heavy atom. The fourth-order valence-corrected chi connectivity index (χ4v) is 4.12. The van der Waals surface area contributed by atoms with Crippen molar-refractivity contribution in [1.29, 1.82) is 0 Å². The number of amides is 1. The maximum Gasteiger partial charge on any atom is 0.341 e. The van der Waals surface area contributed by atoms with E-state index in [0.717, 1.165) is 21.7 Å². The lowest BCUT2D eigenvalue weighted by molar-refractivity contribution is -0.690. The molecule has 1 aromatic carbocycles. The molecule has 0 atom stereocenters. The van der Waals surface area contributed by atoms with E-state index in [9.17, 15) is 9.59 Å². The number of nitrogens with zero attached hydrogens (tertiary/aromatic N) is 1. The number of carbonyl (C=O) groups is 2. The maximum absolute atomic E-state index is 12.7. The minimum Gasteiger partial charge on any atom is -0.462 e. The summed E-state index contributed by atoms with van der Waals surface area (Å²) in [5.74, 6) is -0.616. The molecular weight excluding hydrogens is 372 g/mol. The number of anilines is 1. The molecule has 0 fully saturated rings. The van der Waals surface area contributed by atoms with Gasteiger partial charge in [0.2, 0.25) is 6.54 Å². The van der Waals surface area contributed by atoms with E-state index in [2.05, 4.69) is 5.32 Å². The van der Waals surface area contributed by atoms with Crippen LogP contribution in [0.5, 0.6) is 0 Å². The predicted molar refractivity (Wildman–Crippen MR) is 110 cm³/mol. The van der Waals surface area contributed by atoms with E-state index in [-0.39, 0.29) is 19.1 Å². The molecule has 2 heterocycles. The second-order valence-electron chi connectivity index (χ2n) is 6.34. The van der Waals surface area contributed by atoms with Crippen molar-refractivity contribution in [3.63, 3.8) is 0 Å². The molecule has 0 radical (unpaired) electrons. The van der Waals surface area contributed by atoms with E-state index < -0.39 is 5.97 Å². The standard InChI is InChI=1S/C22H22N2O3S/c1-4-27-22(26)20-19(17-11-6-5-7-12-17)16(3)28-21(20)23-18(25)14-24-13-9-8-10-15(24)2/h5-13H,4,14H2,1-3H3/p+1. The molecule has 0 saturated heterocycles. The molecule has 0 saturated carbocycles. The zero-order chi connectivity index (χ0) is 20.1. The molecule has 1 amide bonds. The van der Waals surface area contributed by atoms with Crippen LogP contribution in [0.15, 0.2) is 54.7 Å². The smallest absolute Gasteiger partial charge is 0.341 e. The van der Waals surface area contributed by atoms with Crippen LogP contribution in [0.4, 0.5) is 5.00 Å². The lowest BCUT2D eigenvalue weighted by atomic mass is 10.0. The lowest BCUT2D eigenvalue weighted by Crippen LogP contribution is -2.42. The summed E-state index contributed by atoms with van der Waals surface area (Å²) in [6.07, 6.45) is 1.86. The quantitative estimate of drug-likeness (QED) is 0.504. The molecule has 0 aliphatic rings. The highest BCUT2D eigenvalue weighted by molar-refractivity contribution is 7.17. The number of carbonyl (C=O) groups excluding carboxylic acids is 2. The first kappa shape index (κ1) is 19.8.